The number of fused-ring (bicyclic) bond motifs is 2. The minimum atomic E-state index is 0.0320. The number of para-hydroxylation sites is 2. The molecule has 2 aliphatic rings. The van der Waals surface area contributed by atoms with E-state index in [1.54, 1.807) is 18.6 Å². The molecule has 2 aromatic heterocycles. The molecular formula is C24H23N7O. The summed E-state index contributed by atoms with van der Waals surface area (Å²) in [6.45, 7) is 3.44. The highest BCUT2D eigenvalue weighted by Crippen LogP contribution is 2.50. The second-order valence-electron chi connectivity index (χ2n) is 8.65. The molecule has 0 unspecified atom stereocenters. The maximum absolute atomic E-state index is 13.7. The van der Waals surface area contributed by atoms with Crippen LogP contribution in [0.15, 0.2) is 61.1 Å². The molecule has 1 saturated heterocycles. The Morgan fingerprint density at radius 1 is 1.12 bits per heavy atom. The Morgan fingerprint density at radius 3 is 2.78 bits per heavy atom. The van der Waals surface area contributed by atoms with E-state index in [0.717, 1.165) is 29.0 Å². The van der Waals surface area contributed by atoms with Gasteiger partial charge in [-0.25, -0.2) is 4.98 Å². The average Bonchev–Trinajstić information content (AvgIpc) is 3.21. The third-order valence-electron chi connectivity index (χ3n) is 6.52. The molecule has 1 aliphatic heterocycles. The lowest BCUT2D eigenvalue weighted by molar-refractivity contribution is 0.0715. The van der Waals surface area contributed by atoms with Gasteiger partial charge in [-0.1, -0.05) is 23.8 Å². The summed E-state index contributed by atoms with van der Waals surface area (Å²) in [4.78, 5) is 26.4. The lowest BCUT2D eigenvalue weighted by atomic mass is 10.1. The first-order valence-electron chi connectivity index (χ1n) is 10.9. The van der Waals surface area contributed by atoms with Crippen molar-refractivity contribution in [3.63, 3.8) is 0 Å². The SMILES string of the molecule is Cc1ccc(-n2nccn2)c(C(=O)N2C[C@H]3C[C@H]3[C@H]2CNc2cnc3ccccc3n2)c1. The summed E-state index contributed by atoms with van der Waals surface area (Å²) in [6.07, 6.45) is 6.18. The van der Waals surface area contributed by atoms with Gasteiger partial charge in [0.05, 0.1) is 46.9 Å². The topological polar surface area (TPSA) is 88.8 Å². The molecule has 0 spiro atoms. The Labute approximate surface area is 185 Å². The molecule has 1 aliphatic carbocycles. The van der Waals surface area contributed by atoms with Gasteiger partial charge in [-0.05, 0) is 49.4 Å². The monoisotopic (exact) mass is 425 g/mol. The highest BCUT2D eigenvalue weighted by Gasteiger charge is 2.54. The summed E-state index contributed by atoms with van der Waals surface area (Å²) in [5.41, 5.74) is 4.11. The number of carbonyl (C=O) groups excluding carboxylic acids is 1. The predicted molar refractivity (Wildman–Crippen MR) is 121 cm³/mol. The molecule has 2 aromatic carbocycles. The molecule has 0 radical (unpaired) electrons. The van der Waals surface area contributed by atoms with Gasteiger partial charge in [0.15, 0.2) is 0 Å². The lowest BCUT2D eigenvalue weighted by Gasteiger charge is -2.28. The number of piperidine rings is 1. The molecule has 0 bridgehead atoms. The largest absolute Gasteiger partial charge is 0.367 e. The second kappa shape index (κ2) is 7.40. The zero-order valence-electron chi connectivity index (χ0n) is 17.7. The number of amides is 1. The number of nitrogens with zero attached hydrogens (tertiary/aromatic N) is 6. The molecule has 3 heterocycles. The van der Waals surface area contributed by atoms with Crippen molar-refractivity contribution in [3.8, 4) is 5.69 Å². The molecular weight excluding hydrogens is 402 g/mol. The van der Waals surface area contributed by atoms with Crippen molar-refractivity contribution in [1.82, 2.24) is 29.9 Å². The quantitative estimate of drug-likeness (QED) is 0.529. The van der Waals surface area contributed by atoms with Crippen LogP contribution in [0.3, 0.4) is 0 Å². The van der Waals surface area contributed by atoms with Crippen LogP contribution in [0.25, 0.3) is 16.7 Å². The van der Waals surface area contributed by atoms with Crippen LogP contribution in [0, 0.1) is 18.8 Å². The van der Waals surface area contributed by atoms with Gasteiger partial charge >= 0.3 is 0 Å². The van der Waals surface area contributed by atoms with E-state index in [9.17, 15) is 4.79 Å². The van der Waals surface area contributed by atoms with Gasteiger partial charge in [-0.3, -0.25) is 9.78 Å². The van der Waals surface area contributed by atoms with E-state index in [2.05, 4.69) is 25.5 Å². The van der Waals surface area contributed by atoms with Gasteiger partial charge in [0.25, 0.3) is 5.91 Å². The summed E-state index contributed by atoms with van der Waals surface area (Å²) in [6, 6.07) is 13.8. The summed E-state index contributed by atoms with van der Waals surface area (Å²) in [5, 5.41) is 11.9. The van der Waals surface area contributed by atoms with Crippen molar-refractivity contribution in [2.75, 3.05) is 18.4 Å². The molecule has 160 valence electrons. The summed E-state index contributed by atoms with van der Waals surface area (Å²) >= 11 is 0. The predicted octanol–water partition coefficient (Wildman–Crippen LogP) is 3.09. The first-order chi connectivity index (χ1) is 15.7. The maximum atomic E-state index is 13.7. The summed E-state index contributed by atoms with van der Waals surface area (Å²) < 4.78 is 0. The Morgan fingerprint density at radius 2 is 1.94 bits per heavy atom. The molecule has 4 aromatic rings. The Hall–Kier alpha value is -3.81. The molecule has 6 rings (SSSR count). The van der Waals surface area contributed by atoms with Crippen LogP contribution in [-0.2, 0) is 0 Å². The molecule has 1 saturated carbocycles. The summed E-state index contributed by atoms with van der Waals surface area (Å²) in [7, 11) is 0. The van der Waals surface area contributed by atoms with Crippen molar-refractivity contribution in [1.29, 1.82) is 0 Å². The van der Waals surface area contributed by atoms with E-state index in [1.165, 1.54) is 11.2 Å². The maximum Gasteiger partial charge on any atom is 0.256 e. The van der Waals surface area contributed by atoms with Crippen molar-refractivity contribution in [2.24, 2.45) is 11.8 Å². The normalized spacial score (nSPS) is 21.5. The lowest BCUT2D eigenvalue weighted by Crippen LogP contribution is -2.43. The van der Waals surface area contributed by atoms with Crippen LogP contribution in [0.1, 0.15) is 22.3 Å². The van der Waals surface area contributed by atoms with Crippen molar-refractivity contribution in [2.45, 2.75) is 19.4 Å². The first-order valence-corrected chi connectivity index (χ1v) is 10.9. The van der Waals surface area contributed by atoms with Crippen molar-refractivity contribution >= 4 is 22.8 Å². The van der Waals surface area contributed by atoms with Crippen LogP contribution in [-0.4, -0.2) is 54.9 Å². The first kappa shape index (κ1) is 18.9. The van der Waals surface area contributed by atoms with Gasteiger partial charge < -0.3 is 10.2 Å². The molecule has 8 heteroatoms. The Balaban J connectivity index is 1.25. The van der Waals surface area contributed by atoms with E-state index in [0.29, 0.717) is 29.6 Å². The molecule has 1 amide bonds. The number of aromatic nitrogens is 5. The Bertz CT molecular complexity index is 1300. The third-order valence-corrected chi connectivity index (χ3v) is 6.52. The van der Waals surface area contributed by atoms with Gasteiger partial charge in [-0.15, -0.1) is 0 Å². The third kappa shape index (κ3) is 3.28. The van der Waals surface area contributed by atoms with Gasteiger partial charge in [0.1, 0.15) is 5.82 Å². The van der Waals surface area contributed by atoms with Gasteiger partial charge in [-0.2, -0.15) is 15.0 Å². The number of benzene rings is 2. The summed E-state index contributed by atoms with van der Waals surface area (Å²) in [5.74, 6) is 1.89. The second-order valence-corrected chi connectivity index (χ2v) is 8.65. The van der Waals surface area contributed by atoms with Crippen LogP contribution < -0.4 is 5.32 Å². The molecule has 1 N–H and O–H groups in total. The number of aryl methyl sites for hydroxylation is 1. The van der Waals surface area contributed by atoms with Crippen LogP contribution in [0.2, 0.25) is 0 Å². The number of likely N-dealkylation sites (tertiary alicyclic amines) is 1. The smallest absolute Gasteiger partial charge is 0.256 e. The Kier molecular flexibility index (Phi) is 4.38. The van der Waals surface area contributed by atoms with Crippen molar-refractivity contribution in [3.05, 3.63) is 72.2 Å². The number of carbonyl (C=O) groups is 1. The van der Waals surface area contributed by atoms with E-state index in [4.69, 9.17) is 0 Å². The highest BCUT2D eigenvalue weighted by atomic mass is 16.2. The number of hydrogen-bond acceptors (Lipinski definition) is 6. The fraction of sp³-hybridized carbons (Fsp3) is 0.292. The van der Waals surface area contributed by atoms with Gasteiger partial charge in [0, 0.05) is 13.1 Å². The van der Waals surface area contributed by atoms with E-state index in [-0.39, 0.29) is 11.9 Å². The zero-order valence-corrected chi connectivity index (χ0v) is 17.7. The number of hydrogen-bond donors (Lipinski definition) is 1. The van der Waals surface area contributed by atoms with Crippen LogP contribution in [0.5, 0.6) is 0 Å². The van der Waals surface area contributed by atoms with E-state index in [1.807, 2.05) is 54.3 Å². The van der Waals surface area contributed by atoms with E-state index >= 15 is 0 Å². The fourth-order valence-electron chi connectivity index (χ4n) is 4.81. The van der Waals surface area contributed by atoms with Crippen LogP contribution >= 0.6 is 0 Å². The number of anilines is 1. The molecule has 2 fully saturated rings. The fourth-order valence-corrected chi connectivity index (χ4v) is 4.81. The average molecular weight is 425 g/mol. The minimum absolute atomic E-state index is 0.0320. The zero-order chi connectivity index (χ0) is 21.7. The van der Waals surface area contributed by atoms with Gasteiger partial charge in [0.2, 0.25) is 0 Å². The van der Waals surface area contributed by atoms with Crippen molar-refractivity contribution < 1.29 is 4.79 Å². The van der Waals surface area contributed by atoms with Crippen LogP contribution in [0.4, 0.5) is 5.82 Å². The molecule has 3 atom stereocenters. The molecule has 8 nitrogen and oxygen atoms in total. The molecule has 32 heavy (non-hydrogen) atoms. The minimum Gasteiger partial charge on any atom is -0.367 e. The van der Waals surface area contributed by atoms with E-state index < -0.39 is 0 Å². The number of rotatable bonds is 5. The number of nitrogens with one attached hydrogen (secondary N) is 1. The standard InChI is InChI=1S/C24H23N7O/c1-15-6-7-21(31-27-8-9-28-31)18(10-15)24(32)30-14-16-11-17(16)22(30)12-26-23-13-25-19-4-2-3-5-20(19)29-23/h2-10,13,16-17,22H,11-12,14H2,1H3,(H,26,29)/t16-,17-,22-/m1/s1. The highest BCUT2D eigenvalue weighted by molar-refractivity contribution is 5.98.